The van der Waals surface area contributed by atoms with Gasteiger partial charge in [0, 0.05) is 30.8 Å². The predicted octanol–water partition coefficient (Wildman–Crippen LogP) is 1.73. The first-order chi connectivity index (χ1) is 9.20. The summed E-state index contributed by atoms with van der Waals surface area (Å²) in [4.78, 5) is 23.0. The predicted molar refractivity (Wildman–Crippen MR) is 72.9 cm³/mol. The van der Waals surface area contributed by atoms with Crippen molar-refractivity contribution in [1.82, 2.24) is 20.3 Å². The second kappa shape index (κ2) is 5.99. The lowest BCUT2D eigenvalue weighted by molar-refractivity contribution is 0.0951. The third-order valence-corrected chi connectivity index (χ3v) is 2.64. The van der Waals surface area contributed by atoms with Crippen LogP contribution in [0.5, 0.6) is 0 Å². The van der Waals surface area contributed by atoms with Gasteiger partial charge in [-0.3, -0.25) is 9.78 Å². The lowest BCUT2D eigenvalue weighted by Crippen LogP contribution is -2.23. The maximum Gasteiger partial charge on any atom is 0.269 e. The molecule has 0 fully saturated rings. The van der Waals surface area contributed by atoms with Crippen LogP contribution < -0.4 is 10.6 Å². The van der Waals surface area contributed by atoms with Gasteiger partial charge < -0.3 is 15.6 Å². The van der Waals surface area contributed by atoms with E-state index in [-0.39, 0.29) is 11.9 Å². The number of nitrogens with zero attached hydrogens (tertiary/aromatic N) is 2. The van der Waals surface area contributed by atoms with Crippen molar-refractivity contribution >= 4 is 11.6 Å². The standard InChI is InChI=1S/C13H17N5O/c1-3-14-13(19)11-8-10(4-5-15-11)18-9(2)12-16-6-7-17-12/h4-9H,3H2,1-2H3,(H,14,19)(H,15,18)(H,16,17). The number of carbonyl (C=O) groups excluding carboxylic acids is 1. The van der Waals surface area contributed by atoms with Crippen molar-refractivity contribution in [3.8, 4) is 0 Å². The Morgan fingerprint density at radius 1 is 1.42 bits per heavy atom. The van der Waals surface area contributed by atoms with Gasteiger partial charge in [-0.25, -0.2) is 4.98 Å². The van der Waals surface area contributed by atoms with Crippen LogP contribution in [0.2, 0.25) is 0 Å². The lowest BCUT2D eigenvalue weighted by atomic mass is 10.2. The van der Waals surface area contributed by atoms with E-state index < -0.39 is 0 Å². The van der Waals surface area contributed by atoms with E-state index in [1.54, 1.807) is 24.7 Å². The van der Waals surface area contributed by atoms with Crippen LogP contribution in [0, 0.1) is 0 Å². The van der Waals surface area contributed by atoms with Crippen molar-refractivity contribution < 1.29 is 4.79 Å². The van der Waals surface area contributed by atoms with Crippen LogP contribution in [0.1, 0.15) is 36.2 Å². The van der Waals surface area contributed by atoms with Crippen LogP contribution >= 0.6 is 0 Å². The molecule has 6 nitrogen and oxygen atoms in total. The largest absolute Gasteiger partial charge is 0.375 e. The number of imidazole rings is 1. The number of hydrogen-bond acceptors (Lipinski definition) is 4. The van der Waals surface area contributed by atoms with Crippen molar-refractivity contribution in [2.24, 2.45) is 0 Å². The van der Waals surface area contributed by atoms with E-state index in [2.05, 4.69) is 25.6 Å². The Kier molecular flexibility index (Phi) is 4.12. The first-order valence-corrected chi connectivity index (χ1v) is 6.20. The van der Waals surface area contributed by atoms with Crippen LogP contribution in [0.3, 0.4) is 0 Å². The molecule has 0 radical (unpaired) electrons. The Bertz CT molecular complexity index is 538. The molecule has 2 aromatic rings. The Balaban J connectivity index is 2.09. The second-order valence-electron chi connectivity index (χ2n) is 4.13. The number of carbonyl (C=O) groups is 1. The molecule has 1 amide bonds. The van der Waals surface area contributed by atoms with Gasteiger partial charge in [0.05, 0.1) is 6.04 Å². The van der Waals surface area contributed by atoms with Gasteiger partial charge >= 0.3 is 0 Å². The van der Waals surface area contributed by atoms with E-state index in [0.717, 1.165) is 11.5 Å². The number of hydrogen-bond donors (Lipinski definition) is 3. The van der Waals surface area contributed by atoms with Crippen LogP contribution in [0.25, 0.3) is 0 Å². The first-order valence-electron chi connectivity index (χ1n) is 6.20. The van der Waals surface area contributed by atoms with Gasteiger partial charge in [-0.2, -0.15) is 0 Å². The van der Waals surface area contributed by atoms with Crippen LogP contribution in [0.15, 0.2) is 30.7 Å². The van der Waals surface area contributed by atoms with Gasteiger partial charge in [-0.15, -0.1) is 0 Å². The third-order valence-electron chi connectivity index (χ3n) is 2.64. The molecular weight excluding hydrogens is 242 g/mol. The molecule has 1 unspecified atom stereocenters. The fourth-order valence-electron chi connectivity index (χ4n) is 1.73. The van der Waals surface area contributed by atoms with Gasteiger partial charge in [0.25, 0.3) is 5.91 Å². The summed E-state index contributed by atoms with van der Waals surface area (Å²) in [6.07, 6.45) is 5.10. The number of amides is 1. The monoisotopic (exact) mass is 259 g/mol. The van der Waals surface area contributed by atoms with E-state index in [1.165, 1.54) is 0 Å². The molecule has 0 bridgehead atoms. The molecule has 0 aliphatic carbocycles. The summed E-state index contributed by atoms with van der Waals surface area (Å²) in [5.41, 5.74) is 1.23. The molecular formula is C13H17N5O. The summed E-state index contributed by atoms with van der Waals surface area (Å²) in [6, 6.07) is 3.58. The maximum atomic E-state index is 11.7. The molecule has 2 rings (SSSR count). The number of rotatable bonds is 5. The van der Waals surface area contributed by atoms with E-state index in [1.807, 2.05) is 19.9 Å². The van der Waals surface area contributed by atoms with Crippen molar-refractivity contribution in [2.75, 3.05) is 11.9 Å². The van der Waals surface area contributed by atoms with E-state index in [4.69, 9.17) is 0 Å². The molecule has 0 aromatic carbocycles. The molecule has 100 valence electrons. The van der Waals surface area contributed by atoms with Gasteiger partial charge in [-0.05, 0) is 26.0 Å². The SMILES string of the molecule is CCNC(=O)c1cc(NC(C)c2ncc[nH]2)ccn1. The minimum Gasteiger partial charge on any atom is -0.375 e. The minimum atomic E-state index is -0.170. The van der Waals surface area contributed by atoms with Gasteiger partial charge in [0.15, 0.2) is 0 Å². The molecule has 2 aromatic heterocycles. The Morgan fingerprint density at radius 3 is 2.95 bits per heavy atom. The molecule has 1 atom stereocenters. The minimum absolute atomic E-state index is 0.0273. The molecule has 0 aliphatic heterocycles. The number of H-pyrrole nitrogens is 1. The van der Waals surface area contributed by atoms with Crippen molar-refractivity contribution in [3.05, 3.63) is 42.2 Å². The summed E-state index contributed by atoms with van der Waals surface area (Å²) in [6.45, 7) is 4.45. The van der Waals surface area contributed by atoms with Crippen LogP contribution in [-0.2, 0) is 0 Å². The molecule has 6 heteroatoms. The normalized spacial score (nSPS) is 11.9. The molecule has 0 saturated carbocycles. The number of aromatic amines is 1. The van der Waals surface area contributed by atoms with E-state index >= 15 is 0 Å². The summed E-state index contributed by atoms with van der Waals surface area (Å²) < 4.78 is 0. The topological polar surface area (TPSA) is 82.7 Å². The van der Waals surface area contributed by atoms with Crippen molar-refractivity contribution in [1.29, 1.82) is 0 Å². The molecule has 0 spiro atoms. The highest BCUT2D eigenvalue weighted by Crippen LogP contribution is 2.16. The molecule has 0 saturated heterocycles. The maximum absolute atomic E-state index is 11.7. The first kappa shape index (κ1) is 13.1. The summed E-state index contributed by atoms with van der Waals surface area (Å²) in [7, 11) is 0. The number of aromatic nitrogens is 3. The smallest absolute Gasteiger partial charge is 0.269 e. The van der Waals surface area contributed by atoms with Gasteiger partial charge in [-0.1, -0.05) is 0 Å². The zero-order valence-corrected chi connectivity index (χ0v) is 11.0. The lowest BCUT2D eigenvalue weighted by Gasteiger charge is -2.13. The second-order valence-corrected chi connectivity index (χ2v) is 4.13. The van der Waals surface area contributed by atoms with E-state index in [9.17, 15) is 4.79 Å². The van der Waals surface area contributed by atoms with Crippen molar-refractivity contribution in [3.63, 3.8) is 0 Å². The number of anilines is 1. The molecule has 19 heavy (non-hydrogen) atoms. The zero-order valence-electron chi connectivity index (χ0n) is 11.0. The highest BCUT2D eigenvalue weighted by Gasteiger charge is 2.10. The van der Waals surface area contributed by atoms with Gasteiger partial charge in [0.1, 0.15) is 11.5 Å². The van der Waals surface area contributed by atoms with Crippen LogP contribution in [-0.4, -0.2) is 27.4 Å². The number of pyridine rings is 1. The van der Waals surface area contributed by atoms with Gasteiger partial charge in [0.2, 0.25) is 0 Å². The quantitative estimate of drug-likeness (QED) is 0.763. The summed E-state index contributed by atoms with van der Waals surface area (Å²) in [5.74, 6) is 0.674. The number of nitrogens with one attached hydrogen (secondary N) is 3. The Hall–Kier alpha value is -2.37. The zero-order chi connectivity index (χ0) is 13.7. The Labute approximate surface area is 111 Å². The highest BCUT2D eigenvalue weighted by atomic mass is 16.1. The highest BCUT2D eigenvalue weighted by molar-refractivity contribution is 5.93. The Morgan fingerprint density at radius 2 is 2.26 bits per heavy atom. The third kappa shape index (κ3) is 3.31. The van der Waals surface area contributed by atoms with E-state index in [0.29, 0.717) is 12.2 Å². The fourth-order valence-corrected chi connectivity index (χ4v) is 1.73. The average molecular weight is 259 g/mol. The average Bonchev–Trinajstić information content (AvgIpc) is 2.93. The van der Waals surface area contributed by atoms with Crippen molar-refractivity contribution in [2.45, 2.75) is 19.9 Å². The summed E-state index contributed by atoms with van der Waals surface area (Å²) in [5, 5.41) is 5.99. The van der Waals surface area contributed by atoms with Crippen LogP contribution in [0.4, 0.5) is 5.69 Å². The molecule has 0 aliphatic rings. The molecule has 3 N–H and O–H groups in total. The summed E-state index contributed by atoms with van der Waals surface area (Å²) >= 11 is 0. The molecule has 2 heterocycles. The fraction of sp³-hybridized carbons (Fsp3) is 0.308.